The summed E-state index contributed by atoms with van der Waals surface area (Å²) in [6.45, 7) is 9.54. The second kappa shape index (κ2) is 6.43. The number of sulfonamides is 1. The number of hydrogen-bond donors (Lipinski definition) is 1. The number of benzene rings is 1. The van der Waals surface area contributed by atoms with E-state index in [1.54, 1.807) is 4.31 Å². The van der Waals surface area contributed by atoms with Crippen molar-refractivity contribution in [1.29, 1.82) is 0 Å². The quantitative estimate of drug-likeness (QED) is 0.907. The summed E-state index contributed by atoms with van der Waals surface area (Å²) in [4.78, 5) is 0.479. The average Bonchev–Trinajstić information content (AvgIpc) is 2.26. The van der Waals surface area contributed by atoms with E-state index in [0.29, 0.717) is 24.5 Å². The first kappa shape index (κ1) is 17.4. The maximum Gasteiger partial charge on any atom is 0.243 e. The van der Waals surface area contributed by atoms with Gasteiger partial charge in [0.2, 0.25) is 10.0 Å². The summed E-state index contributed by atoms with van der Waals surface area (Å²) in [5.74, 6) is 0. The monoisotopic (exact) mass is 318 g/mol. The van der Waals surface area contributed by atoms with Gasteiger partial charge in [-0.2, -0.15) is 4.31 Å². The molecule has 0 aliphatic carbocycles. The molecule has 4 nitrogen and oxygen atoms in total. The van der Waals surface area contributed by atoms with Crippen molar-refractivity contribution in [2.75, 3.05) is 19.6 Å². The molecule has 0 aromatic heterocycles. The highest BCUT2D eigenvalue weighted by molar-refractivity contribution is 7.89. The minimum absolute atomic E-state index is 0. The number of piperazine rings is 1. The lowest BCUT2D eigenvalue weighted by molar-refractivity contribution is 0.310. The zero-order chi connectivity index (χ0) is 14.2. The van der Waals surface area contributed by atoms with Crippen molar-refractivity contribution in [3.63, 3.8) is 0 Å². The Morgan fingerprint density at radius 1 is 1.20 bits per heavy atom. The third-order valence-electron chi connectivity index (χ3n) is 3.53. The predicted octanol–water partition coefficient (Wildman–Crippen LogP) is 2.02. The molecule has 2 rings (SSSR count). The number of rotatable bonds is 2. The molecule has 0 spiro atoms. The molecule has 6 heteroatoms. The average molecular weight is 319 g/mol. The lowest BCUT2D eigenvalue weighted by Gasteiger charge is -2.31. The van der Waals surface area contributed by atoms with Gasteiger partial charge in [0.1, 0.15) is 0 Å². The van der Waals surface area contributed by atoms with E-state index < -0.39 is 10.0 Å². The molecule has 1 fully saturated rings. The number of nitrogens with one attached hydrogen (secondary N) is 1. The SMILES string of the molecule is Cc1cc(C)c(S(=O)(=O)N2CCN[C@H](C)C2)c(C)c1.Cl. The van der Waals surface area contributed by atoms with Crippen LogP contribution in [0.5, 0.6) is 0 Å². The van der Waals surface area contributed by atoms with Crippen LogP contribution in [-0.2, 0) is 10.0 Å². The maximum atomic E-state index is 12.8. The fourth-order valence-electron chi connectivity index (χ4n) is 2.82. The van der Waals surface area contributed by atoms with Gasteiger partial charge in [0.25, 0.3) is 0 Å². The van der Waals surface area contributed by atoms with Crippen LogP contribution in [0.3, 0.4) is 0 Å². The summed E-state index contributed by atoms with van der Waals surface area (Å²) in [5, 5.41) is 3.27. The fourth-order valence-corrected chi connectivity index (χ4v) is 4.76. The molecule has 0 radical (unpaired) electrons. The van der Waals surface area contributed by atoms with E-state index in [-0.39, 0.29) is 18.4 Å². The van der Waals surface area contributed by atoms with Crippen molar-refractivity contribution >= 4 is 22.4 Å². The first-order chi connectivity index (χ1) is 8.82. The maximum absolute atomic E-state index is 12.8. The summed E-state index contributed by atoms with van der Waals surface area (Å²) in [5.41, 5.74) is 2.77. The highest BCUT2D eigenvalue weighted by Gasteiger charge is 2.30. The lowest BCUT2D eigenvalue weighted by atomic mass is 10.1. The van der Waals surface area contributed by atoms with Gasteiger partial charge in [-0.05, 0) is 38.8 Å². The minimum Gasteiger partial charge on any atom is -0.312 e. The van der Waals surface area contributed by atoms with E-state index in [2.05, 4.69) is 5.32 Å². The zero-order valence-corrected chi connectivity index (χ0v) is 14.1. The van der Waals surface area contributed by atoms with Crippen LogP contribution in [0.25, 0.3) is 0 Å². The molecule has 114 valence electrons. The van der Waals surface area contributed by atoms with Gasteiger partial charge >= 0.3 is 0 Å². The Balaban J connectivity index is 0.00000200. The normalized spacial score (nSPS) is 20.5. The fraction of sp³-hybridized carbons (Fsp3) is 0.571. The van der Waals surface area contributed by atoms with Crippen LogP contribution in [0.1, 0.15) is 23.6 Å². The lowest BCUT2D eigenvalue weighted by Crippen LogP contribution is -2.51. The predicted molar refractivity (Wildman–Crippen MR) is 84.1 cm³/mol. The number of hydrogen-bond acceptors (Lipinski definition) is 3. The summed E-state index contributed by atoms with van der Waals surface area (Å²) in [6.07, 6.45) is 0. The van der Waals surface area contributed by atoms with Gasteiger partial charge in [-0.3, -0.25) is 0 Å². The second-order valence-corrected chi connectivity index (χ2v) is 7.32. The van der Waals surface area contributed by atoms with Gasteiger partial charge in [-0.25, -0.2) is 8.42 Å². The van der Waals surface area contributed by atoms with Crippen LogP contribution in [0.2, 0.25) is 0 Å². The Morgan fingerprint density at radius 3 is 2.25 bits per heavy atom. The molecule has 0 unspecified atom stereocenters. The standard InChI is InChI=1S/C14H22N2O2S.ClH/c1-10-7-11(2)14(12(3)8-10)19(17,18)16-6-5-15-13(4)9-16;/h7-8,13,15H,5-6,9H2,1-4H3;1H/t13-;/m1./s1. The van der Waals surface area contributed by atoms with E-state index >= 15 is 0 Å². The zero-order valence-electron chi connectivity index (χ0n) is 12.4. The van der Waals surface area contributed by atoms with Crippen LogP contribution in [0.4, 0.5) is 0 Å². The van der Waals surface area contributed by atoms with E-state index in [1.807, 2.05) is 39.8 Å². The molecule has 1 aliphatic heterocycles. The van der Waals surface area contributed by atoms with Gasteiger partial charge in [0.05, 0.1) is 4.90 Å². The Labute approximate surface area is 128 Å². The molecule has 1 saturated heterocycles. The number of halogens is 1. The van der Waals surface area contributed by atoms with Crippen molar-refractivity contribution in [3.05, 3.63) is 28.8 Å². The molecule has 1 N–H and O–H groups in total. The van der Waals surface area contributed by atoms with Crippen molar-refractivity contribution in [2.45, 2.75) is 38.6 Å². The largest absolute Gasteiger partial charge is 0.312 e. The molecule has 20 heavy (non-hydrogen) atoms. The second-order valence-electron chi connectivity index (χ2n) is 5.45. The van der Waals surface area contributed by atoms with Crippen molar-refractivity contribution < 1.29 is 8.42 Å². The molecular weight excluding hydrogens is 296 g/mol. The van der Waals surface area contributed by atoms with Gasteiger partial charge in [-0.15, -0.1) is 12.4 Å². The van der Waals surface area contributed by atoms with Gasteiger partial charge < -0.3 is 5.32 Å². The Morgan fingerprint density at radius 2 is 1.75 bits per heavy atom. The molecule has 0 amide bonds. The molecule has 1 aromatic carbocycles. The number of nitrogens with zero attached hydrogens (tertiary/aromatic N) is 1. The van der Waals surface area contributed by atoms with Crippen molar-refractivity contribution in [3.8, 4) is 0 Å². The molecule has 1 heterocycles. The smallest absolute Gasteiger partial charge is 0.243 e. The summed E-state index contributed by atoms with van der Waals surface area (Å²) < 4.78 is 27.2. The number of aryl methyl sites for hydroxylation is 3. The minimum atomic E-state index is -3.38. The van der Waals surface area contributed by atoms with Gasteiger partial charge in [0, 0.05) is 25.7 Å². The van der Waals surface area contributed by atoms with Crippen LogP contribution in [-0.4, -0.2) is 38.4 Å². The van der Waals surface area contributed by atoms with Crippen molar-refractivity contribution in [1.82, 2.24) is 9.62 Å². The van der Waals surface area contributed by atoms with Gasteiger partial charge in [-0.1, -0.05) is 17.7 Å². The molecule has 1 aromatic rings. The topological polar surface area (TPSA) is 49.4 Å². The molecule has 0 saturated carbocycles. The Hall–Kier alpha value is -0.620. The van der Waals surface area contributed by atoms with Crippen LogP contribution in [0, 0.1) is 20.8 Å². The van der Waals surface area contributed by atoms with Crippen LogP contribution < -0.4 is 5.32 Å². The summed E-state index contributed by atoms with van der Waals surface area (Å²) in [6, 6.07) is 4.08. The summed E-state index contributed by atoms with van der Waals surface area (Å²) >= 11 is 0. The van der Waals surface area contributed by atoms with Gasteiger partial charge in [0.15, 0.2) is 0 Å². The van der Waals surface area contributed by atoms with Crippen LogP contribution in [0.15, 0.2) is 17.0 Å². The summed E-state index contributed by atoms with van der Waals surface area (Å²) in [7, 11) is -3.38. The molecule has 1 aliphatic rings. The Kier molecular flexibility index (Phi) is 5.61. The van der Waals surface area contributed by atoms with E-state index in [9.17, 15) is 8.42 Å². The Bertz CT molecular complexity index is 564. The molecule has 1 atom stereocenters. The highest BCUT2D eigenvalue weighted by Crippen LogP contribution is 2.25. The van der Waals surface area contributed by atoms with Crippen LogP contribution >= 0.6 is 12.4 Å². The molecule has 0 bridgehead atoms. The van der Waals surface area contributed by atoms with E-state index in [4.69, 9.17) is 0 Å². The molecular formula is C14H23ClN2O2S. The third kappa shape index (κ3) is 3.34. The van der Waals surface area contributed by atoms with Crippen molar-refractivity contribution in [2.24, 2.45) is 0 Å². The van der Waals surface area contributed by atoms with E-state index in [1.165, 1.54) is 0 Å². The first-order valence-corrected chi connectivity index (χ1v) is 8.08. The third-order valence-corrected chi connectivity index (χ3v) is 5.71. The first-order valence-electron chi connectivity index (χ1n) is 6.64. The van der Waals surface area contributed by atoms with E-state index in [0.717, 1.165) is 16.7 Å². The highest BCUT2D eigenvalue weighted by atomic mass is 35.5.